The van der Waals surface area contributed by atoms with E-state index < -0.39 is 0 Å². The highest BCUT2D eigenvalue weighted by atomic mass is 16.5. The van der Waals surface area contributed by atoms with E-state index in [0.29, 0.717) is 41.9 Å². The Hall–Kier alpha value is -4.47. The van der Waals surface area contributed by atoms with Crippen LogP contribution < -0.4 is 25.7 Å². The SMILES string of the molecule is COc1cc2ncc3c(N)nc(-c4cncc(OC[C@H](N)CN(C)Cc5ccccc5)c4)cc3c2cc1OC. The Balaban J connectivity index is 1.36. The highest BCUT2D eigenvalue weighted by molar-refractivity contribution is 6.10. The van der Waals surface area contributed by atoms with E-state index in [1.165, 1.54) is 5.56 Å². The monoisotopic (exact) mass is 524 g/mol. The molecule has 200 valence electrons. The number of ether oxygens (including phenoxy) is 3. The van der Waals surface area contributed by atoms with Gasteiger partial charge in [-0.25, -0.2) is 4.98 Å². The highest BCUT2D eigenvalue weighted by Gasteiger charge is 2.14. The average Bonchev–Trinajstić information content (AvgIpc) is 2.95. The van der Waals surface area contributed by atoms with E-state index in [1.807, 2.05) is 42.5 Å². The lowest BCUT2D eigenvalue weighted by atomic mass is 10.0. The Bertz CT molecular complexity index is 1600. The molecular formula is C30H32N6O3. The lowest BCUT2D eigenvalue weighted by molar-refractivity contribution is 0.233. The normalized spacial score (nSPS) is 12.1. The molecule has 9 nitrogen and oxygen atoms in total. The second-order valence-corrected chi connectivity index (χ2v) is 9.50. The molecule has 0 aliphatic heterocycles. The standard InChI is InChI=1S/C30H32N6O3/c1-36(16-19-7-5-4-6-8-19)17-21(31)18-39-22-9-20(13-33-14-22)26-10-23-24-11-28(37-2)29(38-3)12-27(24)34-15-25(23)30(32)35-26/h4-15,21H,16-18,31H2,1-3H3,(H2,32,35)/t21-/m1/s1. The molecule has 0 bridgehead atoms. The van der Waals surface area contributed by atoms with Crippen molar-refractivity contribution in [3.63, 3.8) is 0 Å². The van der Waals surface area contributed by atoms with Crippen molar-refractivity contribution in [1.29, 1.82) is 0 Å². The van der Waals surface area contributed by atoms with E-state index in [4.69, 9.17) is 25.7 Å². The third kappa shape index (κ3) is 5.84. The number of hydrogen-bond acceptors (Lipinski definition) is 9. The minimum absolute atomic E-state index is 0.164. The summed E-state index contributed by atoms with van der Waals surface area (Å²) in [6, 6.07) is 17.8. The van der Waals surface area contributed by atoms with Gasteiger partial charge in [-0.2, -0.15) is 0 Å². The molecule has 3 aromatic heterocycles. The van der Waals surface area contributed by atoms with Crippen LogP contribution in [0.4, 0.5) is 5.82 Å². The molecule has 0 fully saturated rings. The van der Waals surface area contributed by atoms with Gasteiger partial charge in [0.25, 0.3) is 0 Å². The van der Waals surface area contributed by atoms with Gasteiger partial charge >= 0.3 is 0 Å². The first-order valence-corrected chi connectivity index (χ1v) is 12.6. The molecule has 39 heavy (non-hydrogen) atoms. The van der Waals surface area contributed by atoms with Crippen molar-refractivity contribution in [3.8, 4) is 28.5 Å². The van der Waals surface area contributed by atoms with Crippen LogP contribution in [0, 0.1) is 0 Å². The molecule has 0 aliphatic rings. The van der Waals surface area contributed by atoms with Gasteiger partial charge in [-0.3, -0.25) is 9.97 Å². The lowest BCUT2D eigenvalue weighted by Gasteiger charge is -2.21. The summed E-state index contributed by atoms with van der Waals surface area (Å²) in [5, 5.41) is 2.54. The van der Waals surface area contributed by atoms with E-state index >= 15 is 0 Å². The number of benzene rings is 2. The summed E-state index contributed by atoms with van der Waals surface area (Å²) in [6.45, 7) is 1.87. The molecule has 3 heterocycles. The molecule has 0 saturated heterocycles. The Labute approximate surface area is 227 Å². The summed E-state index contributed by atoms with van der Waals surface area (Å²) in [5.41, 5.74) is 16.2. The van der Waals surface area contributed by atoms with Gasteiger partial charge in [-0.05, 0) is 36.2 Å². The van der Waals surface area contributed by atoms with Crippen LogP contribution in [-0.4, -0.2) is 60.3 Å². The number of likely N-dealkylation sites (N-methyl/N-ethyl adjacent to an activating group) is 1. The fraction of sp³-hybridized carbons (Fsp3) is 0.233. The smallest absolute Gasteiger partial charge is 0.162 e. The maximum atomic E-state index is 6.37. The zero-order valence-corrected chi connectivity index (χ0v) is 22.3. The van der Waals surface area contributed by atoms with Crippen LogP contribution in [0.3, 0.4) is 0 Å². The molecule has 0 aliphatic carbocycles. The first-order chi connectivity index (χ1) is 18.9. The molecular weight excluding hydrogens is 492 g/mol. The topological polar surface area (TPSA) is 122 Å². The molecule has 1 atom stereocenters. The molecule has 0 amide bonds. The fourth-order valence-corrected chi connectivity index (χ4v) is 4.66. The second kappa shape index (κ2) is 11.5. The number of aromatic nitrogens is 3. The minimum atomic E-state index is -0.164. The van der Waals surface area contributed by atoms with Crippen LogP contribution in [0.25, 0.3) is 32.9 Å². The van der Waals surface area contributed by atoms with Crippen LogP contribution in [0.15, 0.2) is 73.2 Å². The molecule has 4 N–H and O–H groups in total. The zero-order chi connectivity index (χ0) is 27.4. The molecule has 5 rings (SSSR count). The Kier molecular flexibility index (Phi) is 7.72. The predicted octanol–water partition coefficient (Wildman–Crippen LogP) is 4.28. The molecule has 2 aromatic carbocycles. The Morgan fingerprint density at radius 2 is 1.67 bits per heavy atom. The number of anilines is 1. The first kappa shape index (κ1) is 26.1. The summed E-state index contributed by atoms with van der Waals surface area (Å²) in [4.78, 5) is 15.7. The molecule has 5 aromatic rings. The number of hydrogen-bond donors (Lipinski definition) is 2. The number of nitrogen functional groups attached to an aromatic ring is 1. The van der Waals surface area contributed by atoms with E-state index in [1.54, 1.807) is 32.8 Å². The van der Waals surface area contributed by atoms with Gasteiger partial charge in [-0.15, -0.1) is 0 Å². The van der Waals surface area contributed by atoms with Crippen molar-refractivity contribution in [1.82, 2.24) is 19.9 Å². The summed E-state index contributed by atoms with van der Waals surface area (Å²) < 4.78 is 17.0. The van der Waals surface area contributed by atoms with Crippen LogP contribution in [-0.2, 0) is 6.54 Å². The van der Waals surface area contributed by atoms with Gasteiger partial charge in [-0.1, -0.05) is 30.3 Å². The molecule has 0 saturated carbocycles. The van der Waals surface area contributed by atoms with Crippen molar-refractivity contribution >= 4 is 27.5 Å². The summed E-state index contributed by atoms with van der Waals surface area (Å²) in [5.74, 6) is 2.21. The van der Waals surface area contributed by atoms with Crippen LogP contribution in [0.2, 0.25) is 0 Å². The highest BCUT2D eigenvalue weighted by Crippen LogP contribution is 2.37. The molecule has 0 spiro atoms. The van der Waals surface area contributed by atoms with E-state index in [9.17, 15) is 0 Å². The Morgan fingerprint density at radius 1 is 0.897 bits per heavy atom. The van der Waals surface area contributed by atoms with Gasteiger partial charge in [0.15, 0.2) is 11.5 Å². The zero-order valence-electron chi connectivity index (χ0n) is 22.3. The van der Waals surface area contributed by atoms with E-state index in [2.05, 4.69) is 39.0 Å². The van der Waals surface area contributed by atoms with E-state index in [0.717, 1.165) is 33.8 Å². The number of methoxy groups -OCH3 is 2. The number of nitrogens with two attached hydrogens (primary N) is 2. The van der Waals surface area contributed by atoms with Gasteiger partial charge in [0.05, 0.1) is 37.7 Å². The number of nitrogens with zero attached hydrogens (tertiary/aromatic N) is 4. The van der Waals surface area contributed by atoms with Gasteiger partial charge < -0.3 is 30.6 Å². The number of pyridine rings is 3. The van der Waals surface area contributed by atoms with Crippen molar-refractivity contribution in [3.05, 3.63) is 78.8 Å². The van der Waals surface area contributed by atoms with Crippen LogP contribution >= 0.6 is 0 Å². The lowest BCUT2D eigenvalue weighted by Crippen LogP contribution is -2.39. The quantitative estimate of drug-likeness (QED) is 0.258. The van der Waals surface area contributed by atoms with Gasteiger partial charge in [0.2, 0.25) is 0 Å². The third-order valence-electron chi connectivity index (χ3n) is 6.53. The fourth-order valence-electron chi connectivity index (χ4n) is 4.66. The second-order valence-electron chi connectivity index (χ2n) is 9.50. The van der Waals surface area contributed by atoms with Crippen molar-refractivity contribution in [2.45, 2.75) is 12.6 Å². The van der Waals surface area contributed by atoms with Gasteiger partial charge in [0.1, 0.15) is 18.2 Å². The summed E-state index contributed by atoms with van der Waals surface area (Å²) in [7, 11) is 5.26. The average molecular weight is 525 g/mol. The maximum absolute atomic E-state index is 6.37. The van der Waals surface area contributed by atoms with E-state index in [-0.39, 0.29) is 6.04 Å². The van der Waals surface area contributed by atoms with Crippen molar-refractivity contribution in [2.75, 3.05) is 40.2 Å². The molecule has 9 heteroatoms. The van der Waals surface area contributed by atoms with Crippen molar-refractivity contribution < 1.29 is 14.2 Å². The minimum Gasteiger partial charge on any atom is -0.493 e. The third-order valence-corrected chi connectivity index (χ3v) is 6.53. The van der Waals surface area contributed by atoms with Crippen LogP contribution in [0.1, 0.15) is 5.56 Å². The molecule has 0 radical (unpaired) electrons. The summed E-state index contributed by atoms with van der Waals surface area (Å²) >= 11 is 0. The predicted molar refractivity (Wildman–Crippen MR) is 154 cm³/mol. The number of fused-ring (bicyclic) bond motifs is 3. The van der Waals surface area contributed by atoms with Crippen LogP contribution in [0.5, 0.6) is 17.2 Å². The number of rotatable bonds is 10. The first-order valence-electron chi connectivity index (χ1n) is 12.6. The molecule has 0 unspecified atom stereocenters. The van der Waals surface area contributed by atoms with Gasteiger partial charge in [0, 0.05) is 47.9 Å². The maximum Gasteiger partial charge on any atom is 0.162 e. The van der Waals surface area contributed by atoms with Crippen molar-refractivity contribution in [2.24, 2.45) is 5.73 Å². The largest absolute Gasteiger partial charge is 0.493 e. The summed E-state index contributed by atoms with van der Waals surface area (Å²) in [6.07, 6.45) is 5.13. The Morgan fingerprint density at radius 3 is 2.44 bits per heavy atom.